The Balaban J connectivity index is 2.08. The van der Waals surface area contributed by atoms with Gasteiger partial charge in [-0.1, -0.05) is 12.1 Å². The number of amides is 1. The maximum atomic E-state index is 12.2. The van der Waals surface area contributed by atoms with Gasteiger partial charge in [-0.2, -0.15) is 0 Å². The smallest absolute Gasteiger partial charge is 0.236 e. The van der Waals surface area contributed by atoms with Crippen molar-refractivity contribution >= 4 is 23.0 Å². The molecule has 1 amide bonds. The number of carbonyl (C=O) groups excluding carboxylic acids is 1. The number of nitrogens with zero attached hydrogens (tertiary/aromatic N) is 1. The topological polar surface area (TPSA) is 72.3 Å². The van der Waals surface area contributed by atoms with Gasteiger partial charge >= 0.3 is 0 Å². The molecule has 2 aromatic rings. The first-order valence-electron chi connectivity index (χ1n) is 6.19. The summed E-state index contributed by atoms with van der Waals surface area (Å²) in [5.41, 5.74) is 15.8. The molecule has 0 atom stereocenters. The summed E-state index contributed by atoms with van der Waals surface area (Å²) in [5.74, 6) is 0.0646. The molecule has 4 nitrogen and oxygen atoms in total. The second kappa shape index (κ2) is 4.40. The Morgan fingerprint density at radius 1 is 1.16 bits per heavy atom. The first-order chi connectivity index (χ1) is 9.19. The van der Waals surface area contributed by atoms with Gasteiger partial charge in [-0.3, -0.25) is 9.69 Å². The highest BCUT2D eigenvalue weighted by Gasteiger charge is 2.28. The number of nitrogen functional groups attached to an aromatic ring is 1. The van der Waals surface area contributed by atoms with Crippen LogP contribution in [0.5, 0.6) is 0 Å². The summed E-state index contributed by atoms with van der Waals surface area (Å²) in [4.78, 5) is 13.9. The lowest BCUT2D eigenvalue weighted by Gasteiger charge is -2.18. The summed E-state index contributed by atoms with van der Waals surface area (Å²) >= 11 is 0. The predicted octanol–water partition coefficient (Wildman–Crippen LogP) is 1.95. The Bertz CT molecular complexity index is 652. The maximum Gasteiger partial charge on any atom is 0.236 e. The lowest BCUT2D eigenvalue weighted by Crippen LogP contribution is -2.20. The molecule has 0 unspecified atom stereocenters. The van der Waals surface area contributed by atoms with Gasteiger partial charge in [-0.25, -0.2) is 0 Å². The van der Waals surface area contributed by atoms with Crippen molar-refractivity contribution in [2.45, 2.75) is 13.0 Å². The second-order valence-corrected chi connectivity index (χ2v) is 4.67. The molecule has 4 N–H and O–H groups in total. The molecule has 0 spiro atoms. The Morgan fingerprint density at radius 2 is 2.00 bits per heavy atom. The summed E-state index contributed by atoms with van der Waals surface area (Å²) in [7, 11) is 0. The molecule has 1 aliphatic rings. The monoisotopic (exact) mass is 253 g/mol. The van der Waals surface area contributed by atoms with E-state index in [0.29, 0.717) is 18.7 Å². The number of benzene rings is 2. The highest BCUT2D eigenvalue weighted by molar-refractivity contribution is 6.07. The van der Waals surface area contributed by atoms with Gasteiger partial charge in [0.15, 0.2) is 0 Å². The van der Waals surface area contributed by atoms with E-state index < -0.39 is 0 Å². The van der Waals surface area contributed by atoms with Crippen molar-refractivity contribution in [1.29, 1.82) is 0 Å². The molecule has 3 rings (SSSR count). The maximum absolute atomic E-state index is 12.2. The van der Waals surface area contributed by atoms with Gasteiger partial charge in [0, 0.05) is 17.9 Å². The third kappa shape index (κ3) is 1.96. The summed E-state index contributed by atoms with van der Waals surface area (Å²) in [5, 5.41) is 0. The van der Waals surface area contributed by atoms with Crippen LogP contribution in [-0.2, 0) is 17.8 Å². The summed E-state index contributed by atoms with van der Waals surface area (Å²) in [6.45, 7) is 0.463. The second-order valence-electron chi connectivity index (χ2n) is 4.67. The van der Waals surface area contributed by atoms with Crippen molar-refractivity contribution in [2.75, 3.05) is 10.6 Å². The van der Waals surface area contributed by atoms with E-state index in [2.05, 4.69) is 0 Å². The molecular formula is C15H15N3O. The fraction of sp³-hybridized carbons (Fsp3) is 0.133. The molecule has 0 saturated carbocycles. The van der Waals surface area contributed by atoms with Crippen LogP contribution >= 0.6 is 0 Å². The van der Waals surface area contributed by atoms with Crippen LogP contribution in [0.15, 0.2) is 42.5 Å². The average Bonchev–Trinajstić information content (AvgIpc) is 2.73. The van der Waals surface area contributed by atoms with Crippen LogP contribution < -0.4 is 16.4 Å². The van der Waals surface area contributed by atoms with Crippen LogP contribution in [0, 0.1) is 0 Å². The average molecular weight is 253 g/mol. The molecule has 0 aliphatic carbocycles. The van der Waals surface area contributed by atoms with Gasteiger partial charge in [-0.15, -0.1) is 0 Å². The lowest BCUT2D eigenvalue weighted by atomic mass is 10.1. The van der Waals surface area contributed by atoms with Crippen LogP contribution in [-0.4, -0.2) is 5.91 Å². The summed E-state index contributed by atoms with van der Waals surface area (Å²) in [6.07, 6.45) is 0.396. The SMILES string of the molecule is NCc1cccc(N2C(=O)Cc3cc(N)ccc32)c1. The molecule has 0 fully saturated rings. The van der Waals surface area contributed by atoms with Crippen LogP contribution in [0.2, 0.25) is 0 Å². The molecule has 0 radical (unpaired) electrons. The molecule has 96 valence electrons. The standard InChI is InChI=1S/C15H15N3O/c16-9-10-2-1-3-13(6-10)18-14-5-4-12(17)7-11(14)8-15(18)19/h1-7H,8-9,16-17H2. The van der Waals surface area contributed by atoms with E-state index in [4.69, 9.17) is 11.5 Å². The molecule has 1 aliphatic heterocycles. The van der Waals surface area contributed by atoms with E-state index in [9.17, 15) is 4.79 Å². The van der Waals surface area contributed by atoms with Crippen molar-refractivity contribution in [3.05, 3.63) is 53.6 Å². The van der Waals surface area contributed by atoms with Crippen molar-refractivity contribution in [2.24, 2.45) is 5.73 Å². The zero-order valence-corrected chi connectivity index (χ0v) is 10.5. The number of fused-ring (bicyclic) bond motifs is 1. The van der Waals surface area contributed by atoms with Gasteiger partial charge in [0.05, 0.1) is 12.1 Å². The van der Waals surface area contributed by atoms with E-state index in [1.807, 2.05) is 42.5 Å². The Morgan fingerprint density at radius 3 is 2.79 bits per heavy atom. The highest BCUT2D eigenvalue weighted by atomic mass is 16.2. The van der Waals surface area contributed by atoms with Crippen LogP contribution in [0.3, 0.4) is 0 Å². The van der Waals surface area contributed by atoms with Crippen LogP contribution in [0.4, 0.5) is 17.1 Å². The van der Waals surface area contributed by atoms with Crippen molar-refractivity contribution in [3.8, 4) is 0 Å². The van der Waals surface area contributed by atoms with Gasteiger partial charge < -0.3 is 11.5 Å². The molecule has 19 heavy (non-hydrogen) atoms. The normalized spacial score (nSPS) is 13.7. The van der Waals surface area contributed by atoms with Crippen molar-refractivity contribution < 1.29 is 4.79 Å². The Kier molecular flexibility index (Phi) is 2.72. The quantitative estimate of drug-likeness (QED) is 0.803. The number of carbonyl (C=O) groups is 1. The summed E-state index contributed by atoms with van der Waals surface area (Å²) < 4.78 is 0. The number of hydrogen-bond donors (Lipinski definition) is 2. The number of rotatable bonds is 2. The number of hydrogen-bond acceptors (Lipinski definition) is 3. The number of anilines is 3. The van der Waals surface area contributed by atoms with E-state index >= 15 is 0 Å². The van der Waals surface area contributed by atoms with Gasteiger partial charge in [0.1, 0.15) is 0 Å². The molecular weight excluding hydrogens is 238 g/mol. The first kappa shape index (κ1) is 11.7. The third-order valence-corrected chi connectivity index (χ3v) is 3.34. The fourth-order valence-electron chi connectivity index (χ4n) is 2.45. The number of nitrogens with two attached hydrogens (primary N) is 2. The van der Waals surface area contributed by atoms with Crippen molar-refractivity contribution in [1.82, 2.24) is 0 Å². The van der Waals surface area contributed by atoms with Crippen LogP contribution in [0.25, 0.3) is 0 Å². The molecule has 0 bridgehead atoms. The Hall–Kier alpha value is -2.33. The van der Waals surface area contributed by atoms with Gasteiger partial charge in [-0.05, 0) is 41.5 Å². The van der Waals surface area contributed by atoms with Gasteiger partial charge in [0.25, 0.3) is 0 Å². The fourth-order valence-corrected chi connectivity index (χ4v) is 2.45. The highest BCUT2D eigenvalue weighted by Crippen LogP contribution is 2.36. The largest absolute Gasteiger partial charge is 0.399 e. The Labute approximate surface area is 111 Å². The molecule has 2 aromatic carbocycles. The predicted molar refractivity (Wildman–Crippen MR) is 76.0 cm³/mol. The summed E-state index contributed by atoms with van der Waals surface area (Å²) in [6, 6.07) is 13.3. The van der Waals surface area contributed by atoms with E-state index in [-0.39, 0.29) is 5.91 Å². The zero-order valence-electron chi connectivity index (χ0n) is 10.5. The van der Waals surface area contributed by atoms with E-state index in [1.165, 1.54) is 0 Å². The van der Waals surface area contributed by atoms with E-state index in [0.717, 1.165) is 22.5 Å². The molecule has 0 saturated heterocycles. The third-order valence-electron chi connectivity index (χ3n) is 3.34. The van der Waals surface area contributed by atoms with Crippen LogP contribution in [0.1, 0.15) is 11.1 Å². The minimum atomic E-state index is 0.0646. The lowest BCUT2D eigenvalue weighted by molar-refractivity contribution is -0.116. The molecule has 1 heterocycles. The van der Waals surface area contributed by atoms with Gasteiger partial charge in [0.2, 0.25) is 5.91 Å². The minimum absolute atomic E-state index is 0.0646. The zero-order chi connectivity index (χ0) is 13.4. The van der Waals surface area contributed by atoms with E-state index in [1.54, 1.807) is 4.90 Å². The van der Waals surface area contributed by atoms with Crippen molar-refractivity contribution in [3.63, 3.8) is 0 Å². The minimum Gasteiger partial charge on any atom is -0.399 e. The molecule has 4 heteroatoms. The first-order valence-corrected chi connectivity index (χ1v) is 6.19. The molecule has 0 aromatic heterocycles.